The molecule has 0 aliphatic rings. The van der Waals surface area contributed by atoms with E-state index >= 15 is 0 Å². The van der Waals surface area contributed by atoms with E-state index in [0.717, 1.165) is 0 Å². The number of hydrogen-bond donors (Lipinski definition) is 3. The minimum absolute atomic E-state index is 0.0623. The van der Waals surface area contributed by atoms with Crippen LogP contribution < -0.4 is 15.8 Å². The van der Waals surface area contributed by atoms with Crippen molar-refractivity contribution >= 4 is 17.6 Å². The van der Waals surface area contributed by atoms with Crippen LogP contribution in [0.1, 0.15) is 6.92 Å². The lowest BCUT2D eigenvalue weighted by Crippen LogP contribution is -2.45. The molecule has 2 amide bonds. The first-order chi connectivity index (χ1) is 8.47. The summed E-state index contributed by atoms with van der Waals surface area (Å²) in [6.45, 7) is 1.68. The van der Waals surface area contributed by atoms with Crippen molar-refractivity contribution in [1.29, 1.82) is 5.41 Å². The number of urea groups is 1. The molecule has 18 heavy (non-hydrogen) atoms. The van der Waals surface area contributed by atoms with Gasteiger partial charge in [0.05, 0.1) is 18.8 Å². The van der Waals surface area contributed by atoms with Crippen LogP contribution >= 0.6 is 0 Å². The average molecular weight is 250 g/mol. The van der Waals surface area contributed by atoms with Gasteiger partial charge >= 0.3 is 6.03 Å². The summed E-state index contributed by atoms with van der Waals surface area (Å²) in [5, 5.41) is 10.0. The number of carbonyl (C=O) groups excluding carboxylic acids is 1. The second kappa shape index (κ2) is 5.90. The minimum Gasteiger partial charge on any atom is -0.495 e. The van der Waals surface area contributed by atoms with E-state index in [4.69, 9.17) is 15.9 Å². The zero-order chi connectivity index (χ0) is 13.7. The summed E-state index contributed by atoms with van der Waals surface area (Å²) in [5.74, 6) is 0.516. The third-order valence-electron chi connectivity index (χ3n) is 2.70. The summed E-state index contributed by atoms with van der Waals surface area (Å²) < 4.78 is 5.13. The van der Waals surface area contributed by atoms with Gasteiger partial charge in [0, 0.05) is 7.05 Å². The van der Waals surface area contributed by atoms with E-state index in [0.29, 0.717) is 11.4 Å². The van der Waals surface area contributed by atoms with Crippen molar-refractivity contribution in [2.75, 3.05) is 19.5 Å². The third kappa shape index (κ3) is 3.13. The van der Waals surface area contributed by atoms with E-state index in [1.807, 2.05) is 6.07 Å². The first-order valence-corrected chi connectivity index (χ1v) is 5.48. The van der Waals surface area contributed by atoms with Gasteiger partial charge in [0.1, 0.15) is 11.6 Å². The van der Waals surface area contributed by atoms with E-state index < -0.39 is 6.04 Å². The number of methoxy groups -OCH3 is 1. The number of para-hydroxylation sites is 2. The van der Waals surface area contributed by atoms with Crippen LogP contribution in [0, 0.1) is 5.41 Å². The number of nitrogens with one attached hydrogen (secondary N) is 2. The Bertz CT molecular complexity index is 447. The van der Waals surface area contributed by atoms with Gasteiger partial charge in [-0.1, -0.05) is 12.1 Å². The fourth-order valence-electron chi connectivity index (χ4n) is 1.34. The van der Waals surface area contributed by atoms with E-state index in [2.05, 4.69) is 5.32 Å². The predicted octanol–water partition coefficient (Wildman–Crippen LogP) is 1.48. The molecule has 6 heteroatoms. The van der Waals surface area contributed by atoms with Crippen LogP contribution in [0.25, 0.3) is 0 Å². The number of carbonyl (C=O) groups is 1. The molecule has 0 bridgehead atoms. The average Bonchev–Trinajstić information content (AvgIpc) is 2.37. The summed E-state index contributed by atoms with van der Waals surface area (Å²) in [6.07, 6.45) is 0. The van der Waals surface area contributed by atoms with E-state index in [1.165, 1.54) is 12.0 Å². The van der Waals surface area contributed by atoms with Gasteiger partial charge in [-0.05, 0) is 19.1 Å². The predicted molar refractivity (Wildman–Crippen MR) is 71.2 cm³/mol. The highest BCUT2D eigenvalue weighted by molar-refractivity contribution is 5.94. The summed E-state index contributed by atoms with van der Waals surface area (Å²) in [6, 6.07) is 6.30. The van der Waals surface area contributed by atoms with Crippen molar-refractivity contribution < 1.29 is 9.53 Å². The highest BCUT2D eigenvalue weighted by atomic mass is 16.5. The monoisotopic (exact) mass is 250 g/mol. The minimum atomic E-state index is -0.459. The summed E-state index contributed by atoms with van der Waals surface area (Å²) in [4.78, 5) is 13.3. The quantitative estimate of drug-likeness (QED) is 0.558. The van der Waals surface area contributed by atoms with Crippen molar-refractivity contribution in [2.45, 2.75) is 13.0 Å². The normalized spacial score (nSPS) is 11.5. The topological polar surface area (TPSA) is 91.4 Å². The molecule has 0 spiro atoms. The number of nitrogens with two attached hydrogens (primary N) is 1. The molecular weight excluding hydrogens is 232 g/mol. The zero-order valence-corrected chi connectivity index (χ0v) is 10.7. The molecule has 0 aromatic heterocycles. The lowest BCUT2D eigenvalue weighted by atomic mass is 10.2. The standard InChI is InChI=1S/C12H18N4O2/c1-8(11(13)14)16(2)12(17)15-9-6-4-5-7-10(9)18-3/h4-8H,1-3H3,(H3,13,14)(H,15,17). The number of hydrogen-bond acceptors (Lipinski definition) is 3. The van der Waals surface area contributed by atoms with Gasteiger partial charge in [-0.15, -0.1) is 0 Å². The molecule has 0 radical (unpaired) electrons. The second-order valence-electron chi connectivity index (χ2n) is 3.87. The van der Waals surface area contributed by atoms with Gasteiger partial charge in [0.2, 0.25) is 0 Å². The first kappa shape index (κ1) is 13.8. The summed E-state index contributed by atoms with van der Waals surface area (Å²) in [7, 11) is 3.11. The van der Waals surface area contributed by atoms with Gasteiger partial charge in [0.15, 0.2) is 0 Å². The molecule has 4 N–H and O–H groups in total. The SMILES string of the molecule is COc1ccccc1NC(=O)N(C)C(C)C(=N)N. The van der Waals surface area contributed by atoms with Crippen LogP contribution in [-0.2, 0) is 0 Å². The van der Waals surface area contributed by atoms with E-state index in [-0.39, 0.29) is 11.9 Å². The Morgan fingerprint density at radius 3 is 2.67 bits per heavy atom. The van der Waals surface area contributed by atoms with Crippen molar-refractivity contribution in [3.63, 3.8) is 0 Å². The fourth-order valence-corrected chi connectivity index (χ4v) is 1.34. The van der Waals surface area contributed by atoms with Crippen LogP contribution in [0.5, 0.6) is 5.75 Å². The van der Waals surface area contributed by atoms with Crippen molar-refractivity contribution in [3.8, 4) is 5.75 Å². The molecule has 1 unspecified atom stereocenters. The van der Waals surface area contributed by atoms with Crippen LogP contribution in [0.3, 0.4) is 0 Å². The number of rotatable bonds is 4. The van der Waals surface area contributed by atoms with Gasteiger partial charge in [-0.3, -0.25) is 5.41 Å². The number of anilines is 1. The Morgan fingerprint density at radius 2 is 2.11 bits per heavy atom. The Balaban J connectivity index is 2.78. The largest absolute Gasteiger partial charge is 0.495 e. The van der Waals surface area contributed by atoms with Crippen LogP contribution in [0.4, 0.5) is 10.5 Å². The van der Waals surface area contributed by atoms with E-state index in [1.54, 1.807) is 32.2 Å². The van der Waals surface area contributed by atoms with Gasteiger partial charge in [-0.2, -0.15) is 0 Å². The number of likely N-dealkylation sites (N-methyl/N-ethyl adjacent to an activating group) is 1. The fraction of sp³-hybridized carbons (Fsp3) is 0.333. The lowest BCUT2D eigenvalue weighted by molar-refractivity contribution is 0.218. The van der Waals surface area contributed by atoms with Crippen molar-refractivity contribution in [3.05, 3.63) is 24.3 Å². The highest BCUT2D eigenvalue weighted by Gasteiger charge is 2.18. The Labute approximate surface area is 106 Å². The first-order valence-electron chi connectivity index (χ1n) is 5.48. The molecule has 1 aromatic rings. The molecule has 0 fully saturated rings. The van der Waals surface area contributed by atoms with Crippen LogP contribution in [-0.4, -0.2) is 37.0 Å². The number of nitrogens with zero attached hydrogens (tertiary/aromatic N) is 1. The molecule has 0 heterocycles. The maximum atomic E-state index is 11.9. The molecule has 1 aromatic carbocycles. The number of benzene rings is 1. The maximum Gasteiger partial charge on any atom is 0.322 e. The van der Waals surface area contributed by atoms with E-state index in [9.17, 15) is 4.79 Å². The molecular formula is C12H18N4O2. The number of amides is 2. The zero-order valence-electron chi connectivity index (χ0n) is 10.7. The Hall–Kier alpha value is -2.24. The summed E-state index contributed by atoms with van der Waals surface area (Å²) in [5.41, 5.74) is 5.94. The number of amidine groups is 1. The molecule has 0 aliphatic heterocycles. The van der Waals surface area contributed by atoms with Crippen molar-refractivity contribution in [2.24, 2.45) is 5.73 Å². The molecule has 6 nitrogen and oxygen atoms in total. The Morgan fingerprint density at radius 1 is 1.50 bits per heavy atom. The van der Waals surface area contributed by atoms with Gasteiger partial charge < -0.3 is 20.7 Å². The lowest BCUT2D eigenvalue weighted by Gasteiger charge is -2.24. The molecule has 0 saturated heterocycles. The Kier molecular flexibility index (Phi) is 4.53. The number of ether oxygens (including phenoxy) is 1. The molecule has 0 saturated carbocycles. The molecule has 1 rings (SSSR count). The second-order valence-corrected chi connectivity index (χ2v) is 3.87. The maximum absolute atomic E-state index is 11.9. The smallest absolute Gasteiger partial charge is 0.322 e. The third-order valence-corrected chi connectivity index (χ3v) is 2.70. The van der Waals surface area contributed by atoms with Crippen LogP contribution in [0.2, 0.25) is 0 Å². The van der Waals surface area contributed by atoms with Crippen molar-refractivity contribution in [1.82, 2.24) is 4.90 Å². The highest BCUT2D eigenvalue weighted by Crippen LogP contribution is 2.23. The molecule has 98 valence electrons. The summed E-state index contributed by atoms with van der Waals surface area (Å²) >= 11 is 0. The molecule has 0 aliphatic carbocycles. The molecule has 1 atom stereocenters. The van der Waals surface area contributed by atoms with Gasteiger partial charge in [0.25, 0.3) is 0 Å². The van der Waals surface area contributed by atoms with Gasteiger partial charge in [-0.25, -0.2) is 4.79 Å². The van der Waals surface area contributed by atoms with Crippen LogP contribution in [0.15, 0.2) is 24.3 Å².